The number of phenolic OH excluding ortho intramolecular Hbond substituents is 1. The Labute approximate surface area is 166 Å². The van der Waals surface area contributed by atoms with Crippen LogP contribution < -0.4 is 5.63 Å². The average molecular weight is 380 g/mol. The number of para-hydroxylation sites is 2. The lowest BCUT2D eigenvalue weighted by atomic mass is 10.1. The quantitative estimate of drug-likeness (QED) is 0.446. The Hall–Kier alpha value is -4.12. The van der Waals surface area contributed by atoms with E-state index in [4.69, 9.17) is 9.52 Å². The Morgan fingerprint density at radius 2 is 1.55 bits per heavy atom. The molecule has 29 heavy (non-hydrogen) atoms. The number of hydrogen-bond acceptors (Lipinski definition) is 4. The number of aromatic hydroxyl groups is 1. The third kappa shape index (κ3) is 3.08. The minimum absolute atomic E-state index is 0.187. The molecule has 140 valence electrons. The van der Waals surface area contributed by atoms with E-state index in [-0.39, 0.29) is 5.75 Å². The number of aromatic nitrogens is 2. The second kappa shape index (κ2) is 6.80. The average Bonchev–Trinajstić information content (AvgIpc) is 3.19. The standard InChI is InChI=1S/C24H16N2O3/c27-19-12-10-16(11-13-19)21-15-22(26(25-21)18-7-2-1-3-8-18)20-14-17-6-4-5-9-23(17)29-24(20)28/h1-15,27H. The highest BCUT2D eigenvalue weighted by Crippen LogP contribution is 2.29. The zero-order chi connectivity index (χ0) is 19.8. The summed E-state index contributed by atoms with van der Waals surface area (Å²) in [6.07, 6.45) is 0. The molecular formula is C24H16N2O3. The van der Waals surface area contributed by atoms with E-state index in [0.717, 1.165) is 16.6 Å². The highest BCUT2D eigenvalue weighted by Gasteiger charge is 2.17. The van der Waals surface area contributed by atoms with Crippen LogP contribution in [0.1, 0.15) is 0 Å². The van der Waals surface area contributed by atoms with Crippen molar-refractivity contribution in [3.63, 3.8) is 0 Å². The molecule has 0 saturated heterocycles. The number of benzene rings is 3. The molecule has 2 aromatic heterocycles. The predicted octanol–water partition coefficient (Wildman–Crippen LogP) is 5.02. The summed E-state index contributed by atoms with van der Waals surface area (Å²) in [6.45, 7) is 0. The van der Waals surface area contributed by atoms with Crippen molar-refractivity contribution in [1.82, 2.24) is 9.78 Å². The Kier molecular flexibility index (Phi) is 3.99. The molecule has 0 aliphatic heterocycles. The van der Waals surface area contributed by atoms with Crippen LogP contribution in [0.15, 0.2) is 100 Å². The van der Waals surface area contributed by atoms with Gasteiger partial charge in [-0.2, -0.15) is 5.10 Å². The van der Waals surface area contributed by atoms with Crippen molar-refractivity contribution in [2.45, 2.75) is 0 Å². The van der Waals surface area contributed by atoms with E-state index in [0.29, 0.717) is 22.5 Å². The highest BCUT2D eigenvalue weighted by molar-refractivity contribution is 5.82. The van der Waals surface area contributed by atoms with Gasteiger partial charge in [0.05, 0.1) is 22.6 Å². The van der Waals surface area contributed by atoms with Crippen molar-refractivity contribution in [2.75, 3.05) is 0 Å². The van der Waals surface area contributed by atoms with E-state index in [1.807, 2.05) is 60.7 Å². The van der Waals surface area contributed by atoms with Crippen LogP contribution in [0.3, 0.4) is 0 Å². The molecule has 5 aromatic rings. The fourth-order valence-corrected chi connectivity index (χ4v) is 3.35. The first kappa shape index (κ1) is 17.0. The molecule has 0 saturated carbocycles. The minimum Gasteiger partial charge on any atom is -0.508 e. The molecule has 0 fully saturated rings. The lowest BCUT2D eigenvalue weighted by Crippen LogP contribution is -2.07. The first-order valence-corrected chi connectivity index (χ1v) is 9.17. The fourth-order valence-electron chi connectivity index (χ4n) is 3.35. The van der Waals surface area contributed by atoms with Crippen molar-refractivity contribution < 1.29 is 9.52 Å². The van der Waals surface area contributed by atoms with Gasteiger partial charge in [-0.1, -0.05) is 36.4 Å². The van der Waals surface area contributed by atoms with Gasteiger partial charge < -0.3 is 9.52 Å². The first-order valence-electron chi connectivity index (χ1n) is 9.17. The normalized spacial score (nSPS) is 11.0. The predicted molar refractivity (Wildman–Crippen MR) is 112 cm³/mol. The summed E-state index contributed by atoms with van der Waals surface area (Å²) < 4.78 is 7.28. The van der Waals surface area contributed by atoms with Crippen LogP contribution in [0.5, 0.6) is 5.75 Å². The maximum atomic E-state index is 12.8. The lowest BCUT2D eigenvalue weighted by molar-refractivity contribution is 0.475. The van der Waals surface area contributed by atoms with Gasteiger partial charge in [0.15, 0.2) is 0 Å². The molecular weight excluding hydrogens is 364 g/mol. The molecule has 0 radical (unpaired) electrons. The van der Waals surface area contributed by atoms with Crippen LogP contribution in [0.4, 0.5) is 0 Å². The van der Waals surface area contributed by atoms with Crippen molar-refractivity contribution >= 4 is 11.0 Å². The van der Waals surface area contributed by atoms with Gasteiger partial charge in [0.1, 0.15) is 11.3 Å². The second-order valence-electron chi connectivity index (χ2n) is 6.69. The Balaban J connectivity index is 1.76. The molecule has 0 spiro atoms. The van der Waals surface area contributed by atoms with Crippen molar-refractivity contribution in [3.05, 3.63) is 101 Å². The number of fused-ring (bicyclic) bond motifs is 1. The van der Waals surface area contributed by atoms with Crippen molar-refractivity contribution in [1.29, 1.82) is 0 Å². The van der Waals surface area contributed by atoms with Crippen molar-refractivity contribution in [3.8, 4) is 34.0 Å². The second-order valence-corrected chi connectivity index (χ2v) is 6.69. The van der Waals surface area contributed by atoms with Gasteiger partial charge in [0.25, 0.3) is 0 Å². The fraction of sp³-hybridized carbons (Fsp3) is 0. The minimum atomic E-state index is -0.418. The number of hydrogen-bond donors (Lipinski definition) is 1. The zero-order valence-electron chi connectivity index (χ0n) is 15.3. The molecule has 5 heteroatoms. The van der Waals surface area contributed by atoms with Crippen LogP contribution in [0.2, 0.25) is 0 Å². The smallest absolute Gasteiger partial charge is 0.345 e. The van der Waals surface area contributed by atoms with Gasteiger partial charge in [0.2, 0.25) is 0 Å². The third-order valence-corrected chi connectivity index (χ3v) is 4.79. The Morgan fingerprint density at radius 3 is 2.34 bits per heavy atom. The zero-order valence-corrected chi connectivity index (χ0v) is 15.3. The molecule has 0 amide bonds. The molecule has 0 aliphatic rings. The van der Waals surface area contributed by atoms with Crippen LogP contribution in [-0.4, -0.2) is 14.9 Å². The van der Waals surface area contributed by atoms with E-state index in [1.54, 1.807) is 35.0 Å². The van der Waals surface area contributed by atoms with Gasteiger partial charge in [-0.15, -0.1) is 0 Å². The highest BCUT2D eigenvalue weighted by atomic mass is 16.4. The van der Waals surface area contributed by atoms with Gasteiger partial charge >= 0.3 is 5.63 Å². The SMILES string of the molecule is O=c1oc2ccccc2cc1-c1cc(-c2ccc(O)cc2)nn1-c1ccccc1. The van der Waals surface area contributed by atoms with E-state index in [1.165, 1.54) is 0 Å². The van der Waals surface area contributed by atoms with Gasteiger partial charge in [-0.3, -0.25) is 0 Å². The summed E-state index contributed by atoms with van der Waals surface area (Å²) >= 11 is 0. The summed E-state index contributed by atoms with van der Waals surface area (Å²) in [6, 6.07) is 27.6. The summed E-state index contributed by atoms with van der Waals surface area (Å²) in [7, 11) is 0. The van der Waals surface area contributed by atoms with Gasteiger partial charge in [0, 0.05) is 10.9 Å². The number of rotatable bonds is 3. The molecule has 3 aromatic carbocycles. The largest absolute Gasteiger partial charge is 0.508 e. The molecule has 1 N–H and O–H groups in total. The van der Waals surface area contributed by atoms with Crippen LogP contribution >= 0.6 is 0 Å². The first-order chi connectivity index (χ1) is 14.2. The maximum absolute atomic E-state index is 12.8. The number of nitrogens with zero attached hydrogens (tertiary/aromatic N) is 2. The lowest BCUT2D eigenvalue weighted by Gasteiger charge is -2.07. The van der Waals surface area contributed by atoms with E-state index in [9.17, 15) is 9.90 Å². The van der Waals surface area contributed by atoms with E-state index >= 15 is 0 Å². The molecule has 0 aliphatic carbocycles. The van der Waals surface area contributed by atoms with E-state index < -0.39 is 5.63 Å². The van der Waals surface area contributed by atoms with Gasteiger partial charge in [-0.25, -0.2) is 9.48 Å². The Morgan fingerprint density at radius 1 is 0.828 bits per heavy atom. The van der Waals surface area contributed by atoms with Crippen LogP contribution in [-0.2, 0) is 0 Å². The molecule has 0 atom stereocenters. The topological polar surface area (TPSA) is 68.3 Å². The molecule has 0 unspecified atom stereocenters. The third-order valence-electron chi connectivity index (χ3n) is 4.79. The van der Waals surface area contributed by atoms with Crippen molar-refractivity contribution in [2.24, 2.45) is 0 Å². The van der Waals surface area contributed by atoms with Crippen LogP contribution in [0.25, 0.3) is 39.2 Å². The molecule has 5 nitrogen and oxygen atoms in total. The summed E-state index contributed by atoms with van der Waals surface area (Å²) in [5.74, 6) is 0.187. The Bertz CT molecular complexity index is 1370. The summed E-state index contributed by atoms with van der Waals surface area (Å²) in [5.41, 5.74) is 3.56. The van der Waals surface area contributed by atoms with Gasteiger partial charge in [-0.05, 0) is 54.6 Å². The van der Waals surface area contributed by atoms with E-state index in [2.05, 4.69) is 0 Å². The molecule has 0 bridgehead atoms. The summed E-state index contributed by atoms with van der Waals surface area (Å²) in [4.78, 5) is 12.8. The number of phenols is 1. The molecule has 5 rings (SSSR count). The maximum Gasteiger partial charge on any atom is 0.345 e. The summed E-state index contributed by atoms with van der Waals surface area (Å²) in [5, 5.41) is 15.2. The van der Waals surface area contributed by atoms with Crippen LogP contribution in [0, 0.1) is 0 Å². The molecule has 2 heterocycles. The monoisotopic (exact) mass is 380 g/mol.